The van der Waals surface area contributed by atoms with E-state index >= 15 is 0 Å². The number of hydrogen-bond acceptors (Lipinski definition) is 0. The van der Waals surface area contributed by atoms with Gasteiger partial charge in [-0.1, -0.05) is 0 Å². The Morgan fingerprint density at radius 1 is 0.500 bits per heavy atom. The Bertz CT molecular complexity index is 1500. The van der Waals surface area contributed by atoms with Gasteiger partial charge in [0, 0.05) is 0 Å². The van der Waals surface area contributed by atoms with Gasteiger partial charge in [0.1, 0.15) is 0 Å². The van der Waals surface area contributed by atoms with Crippen molar-refractivity contribution < 1.29 is 20.9 Å². The van der Waals surface area contributed by atoms with Crippen molar-refractivity contribution in [3.63, 3.8) is 0 Å². The summed E-state index contributed by atoms with van der Waals surface area (Å²) < 4.78 is 1.34. The van der Waals surface area contributed by atoms with Crippen LogP contribution in [0, 0.1) is 13.8 Å². The van der Waals surface area contributed by atoms with Crippen LogP contribution >= 0.6 is 24.8 Å². The maximum atomic E-state index is 2.65. The quantitative estimate of drug-likeness (QED) is 0.187. The van der Waals surface area contributed by atoms with Crippen molar-refractivity contribution in [1.82, 2.24) is 0 Å². The Morgan fingerprint density at radius 3 is 1.25 bits per heavy atom. The molecule has 4 heteroatoms. The molecule has 40 heavy (non-hydrogen) atoms. The Morgan fingerprint density at radius 2 is 0.875 bits per heavy atom. The topological polar surface area (TPSA) is 0 Å². The number of hydrogen-bond donors (Lipinski definition) is 0. The van der Waals surface area contributed by atoms with Gasteiger partial charge in [0.25, 0.3) is 0 Å². The fourth-order valence-corrected chi connectivity index (χ4v) is 30.3. The summed E-state index contributed by atoms with van der Waals surface area (Å²) in [5.74, 6) is -0.870. The van der Waals surface area contributed by atoms with E-state index in [9.17, 15) is 0 Å². The van der Waals surface area contributed by atoms with Crippen LogP contribution in [0.1, 0.15) is 54.5 Å². The molecule has 4 aromatic carbocycles. The van der Waals surface area contributed by atoms with Crippen LogP contribution in [-0.2, 0) is 20.9 Å². The maximum Gasteiger partial charge on any atom is -0.147 e. The molecule has 0 aliphatic heterocycles. The number of benzene rings is 4. The van der Waals surface area contributed by atoms with Crippen molar-refractivity contribution in [3.05, 3.63) is 129 Å². The van der Waals surface area contributed by atoms with Crippen LogP contribution in [0.5, 0.6) is 0 Å². The van der Waals surface area contributed by atoms with Gasteiger partial charge >= 0.3 is 239 Å². The minimum atomic E-state index is -2.04. The van der Waals surface area contributed by atoms with Gasteiger partial charge in [-0.05, 0) is 0 Å². The molecule has 0 bridgehead atoms. The number of allylic oxidation sites excluding steroid dienone is 2. The van der Waals surface area contributed by atoms with Crippen LogP contribution in [0.2, 0.25) is 13.1 Å². The third kappa shape index (κ3) is 5.22. The molecule has 0 spiro atoms. The molecule has 2 aliphatic carbocycles. The first-order chi connectivity index (χ1) is 18.4. The van der Waals surface area contributed by atoms with Crippen molar-refractivity contribution in [1.29, 1.82) is 0 Å². The standard InChI is InChI=1S/2C17H15.C2H7Si.2ClH.Zr/c2*1-12-10-14-7-5-9-16(17(14)11-12)15-8-4-3-6-13(15)2;1-3-2;;;/h2*3-11H,1-2H3;3H,1-2H3;2*1H;. The molecule has 0 saturated heterocycles. The maximum absolute atomic E-state index is 2.65. The van der Waals surface area contributed by atoms with Crippen LogP contribution in [0.3, 0.4) is 0 Å². The first kappa shape index (κ1) is 31.0. The predicted molar refractivity (Wildman–Crippen MR) is 179 cm³/mol. The molecule has 4 aromatic rings. The third-order valence-electron chi connectivity index (χ3n) is 8.76. The van der Waals surface area contributed by atoms with E-state index in [-0.39, 0.29) is 24.8 Å². The van der Waals surface area contributed by atoms with Crippen LogP contribution in [0.4, 0.5) is 0 Å². The van der Waals surface area contributed by atoms with Crippen molar-refractivity contribution in [2.24, 2.45) is 0 Å². The van der Waals surface area contributed by atoms with Gasteiger partial charge in [-0.3, -0.25) is 0 Å². The number of halogens is 2. The normalized spacial score (nSPS) is 16.9. The summed E-state index contributed by atoms with van der Waals surface area (Å²) in [6.07, 6.45) is 5.11. The molecule has 2 atom stereocenters. The molecule has 0 saturated carbocycles. The van der Waals surface area contributed by atoms with Gasteiger partial charge < -0.3 is 0 Å². The molecule has 205 valence electrons. The second kappa shape index (κ2) is 12.5. The molecular formula is C36H39Cl2SiZr. The van der Waals surface area contributed by atoms with Gasteiger partial charge in [-0.2, -0.15) is 0 Å². The van der Waals surface area contributed by atoms with Gasteiger partial charge in [-0.15, -0.1) is 24.8 Å². The van der Waals surface area contributed by atoms with E-state index in [1.165, 1.54) is 44.5 Å². The largest absolute Gasteiger partial charge is 0.147 e. The zero-order chi connectivity index (χ0) is 26.6. The second-order valence-corrected chi connectivity index (χ2v) is 31.6. The van der Waals surface area contributed by atoms with E-state index < -0.39 is 26.8 Å². The molecule has 0 amide bonds. The molecule has 0 fully saturated rings. The molecule has 0 N–H and O–H groups in total. The first-order valence-corrected chi connectivity index (χ1v) is 24.0. The molecule has 2 unspecified atom stereocenters. The molecule has 0 aromatic heterocycles. The number of fused-ring (bicyclic) bond motifs is 2. The van der Waals surface area contributed by atoms with Crippen molar-refractivity contribution >= 4 is 42.9 Å². The van der Waals surface area contributed by atoms with Crippen LogP contribution in [0.25, 0.3) is 34.4 Å². The third-order valence-corrected chi connectivity index (χ3v) is 30.9. The van der Waals surface area contributed by atoms with E-state index in [1.54, 1.807) is 22.3 Å². The molecular weight excluding hydrogens is 623 g/mol. The molecule has 2 aliphatic rings. The van der Waals surface area contributed by atoms with Gasteiger partial charge in [0.05, 0.1) is 0 Å². The minimum Gasteiger partial charge on any atom is -0.147 e. The van der Waals surface area contributed by atoms with Crippen LogP contribution in [-0.4, -0.2) is 5.92 Å². The smallest absolute Gasteiger partial charge is 0.147 e. The van der Waals surface area contributed by atoms with E-state index in [0.29, 0.717) is 7.25 Å². The van der Waals surface area contributed by atoms with Gasteiger partial charge in [0.2, 0.25) is 0 Å². The summed E-state index contributed by atoms with van der Waals surface area (Å²) in [7, 11) is 0. The number of aryl methyl sites for hydroxylation is 2. The Balaban J connectivity index is 0.00000185. The van der Waals surface area contributed by atoms with E-state index in [0.717, 1.165) is 0 Å². The summed E-state index contributed by atoms with van der Waals surface area (Å²) in [6.45, 7) is 14.7. The summed E-state index contributed by atoms with van der Waals surface area (Å²) in [5, 5.41) is 0. The first-order valence-electron chi connectivity index (χ1n) is 14.0. The summed E-state index contributed by atoms with van der Waals surface area (Å²) in [6, 6.07) is 32.0. The average molecular weight is 662 g/mol. The molecule has 0 nitrogen and oxygen atoms in total. The average Bonchev–Trinajstić information content (AvgIpc) is 3.41. The Hall–Kier alpha value is -1.96. The Kier molecular flexibility index (Phi) is 9.68. The van der Waals surface area contributed by atoms with E-state index in [2.05, 4.69) is 138 Å². The van der Waals surface area contributed by atoms with Gasteiger partial charge in [0.15, 0.2) is 0 Å². The van der Waals surface area contributed by atoms with E-state index in [4.69, 9.17) is 0 Å². The van der Waals surface area contributed by atoms with Crippen molar-refractivity contribution in [2.45, 2.75) is 48.0 Å². The second-order valence-electron chi connectivity index (χ2n) is 11.5. The molecule has 0 heterocycles. The monoisotopic (exact) mass is 659 g/mol. The fraction of sp³-hybridized carbons (Fsp3) is 0.222. The molecule has 0 radical (unpaired) electrons. The summed E-state index contributed by atoms with van der Waals surface area (Å²) in [5.41, 5.74) is 17.8. The Labute approximate surface area is 261 Å². The van der Waals surface area contributed by atoms with Crippen molar-refractivity contribution in [2.75, 3.05) is 0 Å². The fourth-order valence-electron chi connectivity index (χ4n) is 7.04. The molecule has 6 rings (SSSR count). The van der Waals surface area contributed by atoms with E-state index in [1.807, 2.05) is 0 Å². The zero-order valence-electron chi connectivity index (χ0n) is 24.3. The minimum absolute atomic E-state index is 0. The summed E-state index contributed by atoms with van der Waals surface area (Å²) in [4.78, 5) is 0. The van der Waals surface area contributed by atoms with Crippen LogP contribution < -0.4 is 0 Å². The zero-order valence-corrected chi connectivity index (χ0v) is 29.5. The SMILES string of the molecule is CC1=Cc2c(-c3ccccc3C)cccc2[CH]1[Zr]([CH]1C(C)=Cc2c(-c3ccccc3C)cccc21)[SiH](C)C.Cl.Cl. The summed E-state index contributed by atoms with van der Waals surface area (Å²) >= 11 is -2.04. The number of rotatable bonds is 5. The van der Waals surface area contributed by atoms with Crippen molar-refractivity contribution in [3.8, 4) is 22.3 Å². The van der Waals surface area contributed by atoms with Gasteiger partial charge in [-0.25, -0.2) is 0 Å². The van der Waals surface area contributed by atoms with Crippen LogP contribution in [0.15, 0.2) is 96.1 Å². The predicted octanol–water partition coefficient (Wildman–Crippen LogP) is 10.7.